The van der Waals surface area contributed by atoms with Crippen LogP contribution in [0.4, 0.5) is 34.1 Å². The Labute approximate surface area is 271 Å². The highest BCUT2D eigenvalue weighted by molar-refractivity contribution is 8.00. The lowest BCUT2D eigenvalue weighted by molar-refractivity contribution is 1.13. The number of benzene rings is 7. The van der Waals surface area contributed by atoms with Crippen LogP contribution in [0.5, 0.6) is 0 Å². The quantitative estimate of drug-likeness (QED) is 0.180. The normalized spacial score (nSPS) is 13.9. The van der Waals surface area contributed by atoms with Crippen molar-refractivity contribution in [3.05, 3.63) is 152 Å². The van der Waals surface area contributed by atoms with E-state index in [-0.39, 0.29) is 6.71 Å². The van der Waals surface area contributed by atoms with Gasteiger partial charge in [-0.05, 0) is 64.8 Å². The molecule has 3 aliphatic heterocycles. The first kappa shape index (κ1) is 25.5. The molecule has 45 heavy (non-hydrogen) atoms. The molecule has 7 aromatic rings. The number of para-hydroxylation sites is 3. The molecule has 0 atom stereocenters. The van der Waals surface area contributed by atoms with E-state index < -0.39 is 0 Å². The van der Waals surface area contributed by atoms with Crippen LogP contribution in [0.3, 0.4) is 0 Å². The predicted molar refractivity (Wildman–Crippen MR) is 193 cm³/mol. The molecule has 0 N–H and O–H groups in total. The van der Waals surface area contributed by atoms with Crippen LogP contribution in [0.15, 0.2) is 171 Å². The van der Waals surface area contributed by atoms with Crippen LogP contribution < -0.4 is 26.2 Å². The van der Waals surface area contributed by atoms with Gasteiger partial charge in [-0.25, -0.2) is 0 Å². The van der Waals surface area contributed by atoms with Crippen LogP contribution in [-0.4, -0.2) is 6.71 Å². The molecule has 0 bridgehead atoms. The molecule has 7 aromatic carbocycles. The van der Waals surface area contributed by atoms with Crippen LogP contribution in [0.2, 0.25) is 0 Å². The summed E-state index contributed by atoms with van der Waals surface area (Å²) in [6.07, 6.45) is 0. The summed E-state index contributed by atoms with van der Waals surface area (Å²) in [7, 11) is 0. The number of hydrogen-bond donors (Lipinski definition) is 0. The minimum absolute atomic E-state index is 0.165. The summed E-state index contributed by atoms with van der Waals surface area (Å²) in [5.74, 6) is 0. The van der Waals surface area contributed by atoms with Crippen molar-refractivity contribution in [3.8, 4) is 0 Å². The largest absolute Gasteiger partial charge is 0.310 e. The summed E-state index contributed by atoms with van der Waals surface area (Å²) >= 11 is 3.82. The van der Waals surface area contributed by atoms with E-state index in [0.717, 1.165) is 0 Å². The molecule has 2 nitrogen and oxygen atoms in total. The average molecular weight is 609 g/mol. The zero-order valence-electron chi connectivity index (χ0n) is 24.2. The van der Waals surface area contributed by atoms with Gasteiger partial charge >= 0.3 is 0 Å². The SMILES string of the molecule is c1ccc(N2c3ccccc3B3c4ccccc4Sc4cc5c(c2c43)Sc2ccccc2N5c2cccc3ccccc23)cc1. The fourth-order valence-corrected chi connectivity index (χ4v) is 9.79. The standard InChI is InChI=1S/C40H25BN2S2/c1-2-15-27(16-3-1)42-32-20-8-6-18-29(32)41-30-19-7-10-23-35(30)44-37-25-34-40(39(42)38(37)41)45-36-24-11-9-21-33(36)43(34)31-22-12-14-26-13-4-5-17-28(26)31/h1-25H. The lowest BCUT2D eigenvalue weighted by Crippen LogP contribution is -2.60. The average Bonchev–Trinajstić information content (AvgIpc) is 3.10. The fraction of sp³-hybridized carbons (Fsp3) is 0. The molecule has 0 spiro atoms. The minimum atomic E-state index is 0.165. The lowest BCUT2D eigenvalue weighted by atomic mass is 9.35. The Balaban J connectivity index is 1.34. The van der Waals surface area contributed by atoms with Crippen molar-refractivity contribution >= 4 is 91.5 Å². The third-order valence-corrected chi connectivity index (χ3v) is 11.6. The van der Waals surface area contributed by atoms with Gasteiger partial charge in [-0.1, -0.05) is 132 Å². The molecule has 3 aliphatic rings. The summed E-state index contributed by atoms with van der Waals surface area (Å²) in [6, 6.07) is 55.7. The summed E-state index contributed by atoms with van der Waals surface area (Å²) < 4.78 is 0. The van der Waals surface area contributed by atoms with Gasteiger partial charge in [0.1, 0.15) is 0 Å². The Bertz CT molecular complexity index is 2310. The van der Waals surface area contributed by atoms with Gasteiger partial charge in [0.15, 0.2) is 0 Å². The number of rotatable bonds is 2. The maximum Gasteiger partial charge on any atom is 0.249 e. The molecule has 0 aliphatic carbocycles. The summed E-state index contributed by atoms with van der Waals surface area (Å²) in [6.45, 7) is 0.165. The number of anilines is 6. The van der Waals surface area contributed by atoms with Gasteiger partial charge in [-0.3, -0.25) is 0 Å². The number of nitrogens with zero attached hydrogens (tertiary/aromatic N) is 2. The van der Waals surface area contributed by atoms with E-state index in [1.807, 2.05) is 23.5 Å². The molecule has 0 radical (unpaired) electrons. The predicted octanol–water partition coefficient (Wildman–Crippen LogP) is 9.54. The Morgan fingerprint density at radius 3 is 2.00 bits per heavy atom. The number of fused-ring (bicyclic) bond motifs is 8. The lowest BCUT2D eigenvalue weighted by Gasteiger charge is -2.44. The van der Waals surface area contributed by atoms with E-state index in [2.05, 4.69) is 161 Å². The third kappa shape index (κ3) is 3.68. The smallest absolute Gasteiger partial charge is 0.249 e. The van der Waals surface area contributed by atoms with E-state index in [4.69, 9.17) is 0 Å². The molecule has 0 saturated carbocycles. The van der Waals surface area contributed by atoms with Crippen molar-refractivity contribution < 1.29 is 0 Å². The molecule has 0 unspecified atom stereocenters. The molecular formula is C40H25BN2S2. The minimum Gasteiger partial charge on any atom is -0.310 e. The van der Waals surface area contributed by atoms with Crippen molar-refractivity contribution in [1.82, 2.24) is 0 Å². The first-order valence-corrected chi connectivity index (χ1v) is 16.9. The molecule has 5 heteroatoms. The van der Waals surface area contributed by atoms with E-state index in [1.54, 1.807) is 0 Å². The zero-order valence-corrected chi connectivity index (χ0v) is 25.9. The van der Waals surface area contributed by atoms with E-state index in [1.165, 1.54) is 80.9 Å². The summed E-state index contributed by atoms with van der Waals surface area (Å²) in [4.78, 5) is 10.3. The van der Waals surface area contributed by atoms with Gasteiger partial charge in [0.25, 0.3) is 0 Å². The van der Waals surface area contributed by atoms with E-state index in [0.29, 0.717) is 0 Å². The van der Waals surface area contributed by atoms with Crippen LogP contribution in [0.1, 0.15) is 0 Å². The molecule has 0 aromatic heterocycles. The maximum absolute atomic E-state index is 2.53. The van der Waals surface area contributed by atoms with E-state index in [9.17, 15) is 0 Å². The Morgan fingerprint density at radius 2 is 1.11 bits per heavy atom. The summed E-state index contributed by atoms with van der Waals surface area (Å²) in [5, 5.41) is 2.50. The monoisotopic (exact) mass is 608 g/mol. The van der Waals surface area contributed by atoms with Crippen molar-refractivity contribution in [2.75, 3.05) is 9.80 Å². The maximum atomic E-state index is 2.53. The molecule has 210 valence electrons. The van der Waals surface area contributed by atoms with Crippen LogP contribution in [0.25, 0.3) is 10.8 Å². The highest BCUT2D eigenvalue weighted by Gasteiger charge is 2.44. The van der Waals surface area contributed by atoms with Crippen LogP contribution in [-0.2, 0) is 0 Å². The first-order valence-electron chi connectivity index (χ1n) is 15.3. The van der Waals surface area contributed by atoms with Crippen molar-refractivity contribution in [3.63, 3.8) is 0 Å². The fourth-order valence-electron chi connectivity index (χ4n) is 7.42. The molecule has 0 fully saturated rings. The molecular weight excluding hydrogens is 583 g/mol. The van der Waals surface area contributed by atoms with Gasteiger partial charge in [-0.15, -0.1) is 0 Å². The van der Waals surface area contributed by atoms with Crippen LogP contribution >= 0.6 is 23.5 Å². The Kier molecular flexibility index (Phi) is 5.57. The van der Waals surface area contributed by atoms with Crippen molar-refractivity contribution in [1.29, 1.82) is 0 Å². The second-order valence-electron chi connectivity index (χ2n) is 11.7. The van der Waals surface area contributed by atoms with E-state index >= 15 is 0 Å². The van der Waals surface area contributed by atoms with Gasteiger partial charge in [-0.2, -0.15) is 0 Å². The highest BCUT2D eigenvalue weighted by atomic mass is 32.2. The van der Waals surface area contributed by atoms with Gasteiger partial charge < -0.3 is 9.80 Å². The molecule has 0 saturated heterocycles. The second-order valence-corrected chi connectivity index (χ2v) is 13.8. The summed E-state index contributed by atoms with van der Waals surface area (Å²) in [5.41, 5.74) is 11.5. The highest BCUT2D eigenvalue weighted by Crippen LogP contribution is 2.58. The molecule has 0 amide bonds. The second kappa shape index (κ2) is 9.83. The van der Waals surface area contributed by atoms with Crippen LogP contribution in [0, 0.1) is 0 Å². The van der Waals surface area contributed by atoms with Gasteiger partial charge in [0.2, 0.25) is 6.71 Å². The zero-order chi connectivity index (χ0) is 29.5. The molecule has 3 heterocycles. The Hall–Kier alpha value is -4.84. The van der Waals surface area contributed by atoms with Gasteiger partial charge in [0, 0.05) is 31.4 Å². The number of hydrogen-bond acceptors (Lipinski definition) is 4. The molecule has 10 rings (SSSR count). The van der Waals surface area contributed by atoms with Crippen molar-refractivity contribution in [2.24, 2.45) is 0 Å². The topological polar surface area (TPSA) is 6.48 Å². The third-order valence-electron chi connectivity index (χ3n) is 9.27. The Morgan fingerprint density at radius 1 is 0.444 bits per heavy atom. The first-order chi connectivity index (χ1) is 22.3. The van der Waals surface area contributed by atoms with Gasteiger partial charge in [0.05, 0.1) is 27.6 Å². The van der Waals surface area contributed by atoms with Crippen molar-refractivity contribution in [2.45, 2.75) is 19.6 Å².